The van der Waals surface area contributed by atoms with Crippen molar-refractivity contribution in [2.24, 2.45) is 11.8 Å². The lowest BCUT2D eigenvalue weighted by Crippen LogP contribution is -2.63. The second-order valence-electron chi connectivity index (χ2n) is 7.97. The molecule has 4 saturated heterocycles. The molecule has 0 aliphatic carbocycles. The molecule has 25 heavy (non-hydrogen) atoms. The highest BCUT2D eigenvalue weighted by Gasteiger charge is 2.56. The Balaban J connectivity index is 1.53. The maximum Gasteiger partial charge on any atom is 0.306 e. The van der Waals surface area contributed by atoms with Crippen molar-refractivity contribution in [3.05, 3.63) is 0 Å². The van der Waals surface area contributed by atoms with E-state index in [0.717, 1.165) is 0 Å². The van der Waals surface area contributed by atoms with Gasteiger partial charge in [-0.1, -0.05) is 13.8 Å². The summed E-state index contributed by atoms with van der Waals surface area (Å²) in [4.78, 5) is 21.4. The molecule has 8 heteroatoms. The van der Waals surface area contributed by atoms with Crippen LogP contribution in [-0.4, -0.2) is 65.2 Å². The Kier molecular flexibility index (Phi) is 4.54. The number of hydrogen-bond acceptors (Lipinski definition) is 7. The van der Waals surface area contributed by atoms with Crippen molar-refractivity contribution in [2.45, 2.75) is 81.9 Å². The smallest absolute Gasteiger partial charge is 0.306 e. The highest BCUT2D eigenvalue weighted by atomic mass is 17.2. The van der Waals surface area contributed by atoms with Crippen LogP contribution in [0.15, 0.2) is 0 Å². The average molecular weight is 358 g/mol. The second-order valence-corrected chi connectivity index (χ2v) is 7.97. The molecule has 0 aromatic heterocycles. The predicted molar refractivity (Wildman–Crippen MR) is 82.4 cm³/mol. The van der Waals surface area contributed by atoms with Crippen molar-refractivity contribution in [2.75, 3.05) is 6.61 Å². The Morgan fingerprint density at radius 3 is 2.64 bits per heavy atom. The Labute approximate surface area is 146 Å². The summed E-state index contributed by atoms with van der Waals surface area (Å²) >= 11 is 0. The number of carboxylic acids is 1. The quantitative estimate of drug-likeness (QED) is 0.701. The first-order valence-electron chi connectivity index (χ1n) is 9.06. The lowest BCUT2D eigenvalue weighted by atomic mass is 9.78. The fourth-order valence-corrected chi connectivity index (χ4v) is 4.79. The number of ether oxygens (including phenoxy) is 3. The topological polar surface area (TPSA) is 104 Å². The first kappa shape index (κ1) is 17.6. The standard InChI is InChI=1S/C17H26O8/c1-8-5-17(23-11(15(8)20)4-14(18)19)6-9(2)16-12(24-17)3-10-13(22-16)7-21-25-10/h8-13,15-16,20H,3-7H2,1-2H3,(H,18,19)/t8-,9-,10+,11-,12-,13+,15-,16-,17+/m0/s1. The van der Waals surface area contributed by atoms with Crippen LogP contribution in [0.3, 0.4) is 0 Å². The Bertz CT molecular complexity index is 527. The Morgan fingerprint density at radius 2 is 1.88 bits per heavy atom. The van der Waals surface area contributed by atoms with E-state index in [9.17, 15) is 9.90 Å². The summed E-state index contributed by atoms with van der Waals surface area (Å²) in [5.41, 5.74) is 0. The SMILES string of the molecule is C[C@H]1C[C@@]2(C[C@H](C)[C@@H]3O[C@@H]4COO[C@@H]4C[C@@H]3O2)O[C@@H](CC(=O)O)[C@H]1O. The molecule has 142 valence electrons. The van der Waals surface area contributed by atoms with Gasteiger partial charge in [0.05, 0.1) is 30.8 Å². The van der Waals surface area contributed by atoms with Gasteiger partial charge in [0.25, 0.3) is 0 Å². The Morgan fingerprint density at radius 1 is 1.12 bits per heavy atom. The van der Waals surface area contributed by atoms with Gasteiger partial charge in [-0.25, -0.2) is 9.78 Å². The van der Waals surface area contributed by atoms with Gasteiger partial charge in [-0.2, -0.15) is 0 Å². The van der Waals surface area contributed by atoms with Gasteiger partial charge >= 0.3 is 5.97 Å². The van der Waals surface area contributed by atoms with E-state index in [1.807, 2.05) is 6.92 Å². The number of fused-ring (bicyclic) bond motifs is 2. The molecule has 4 aliphatic rings. The van der Waals surface area contributed by atoms with E-state index in [2.05, 4.69) is 6.92 Å². The molecule has 0 saturated carbocycles. The molecular weight excluding hydrogens is 332 g/mol. The zero-order chi connectivity index (χ0) is 17.8. The van der Waals surface area contributed by atoms with Crippen LogP contribution in [0.2, 0.25) is 0 Å². The average Bonchev–Trinajstić information content (AvgIpc) is 2.97. The van der Waals surface area contributed by atoms with Gasteiger partial charge in [-0.05, 0) is 11.8 Å². The van der Waals surface area contributed by atoms with E-state index in [0.29, 0.717) is 25.9 Å². The van der Waals surface area contributed by atoms with Gasteiger partial charge in [0.2, 0.25) is 0 Å². The van der Waals surface area contributed by atoms with Crippen molar-refractivity contribution >= 4 is 5.97 Å². The van der Waals surface area contributed by atoms with E-state index in [1.54, 1.807) is 0 Å². The molecule has 0 amide bonds. The fourth-order valence-electron chi connectivity index (χ4n) is 4.79. The monoisotopic (exact) mass is 358 g/mol. The second kappa shape index (κ2) is 6.44. The first-order chi connectivity index (χ1) is 11.9. The van der Waals surface area contributed by atoms with Crippen LogP contribution in [0.1, 0.15) is 39.5 Å². The third-order valence-electron chi connectivity index (χ3n) is 5.90. The summed E-state index contributed by atoms with van der Waals surface area (Å²) in [6.07, 6.45) is -0.475. The number of carboxylic acid groups (broad SMARTS) is 1. The van der Waals surface area contributed by atoms with Crippen LogP contribution < -0.4 is 0 Å². The normalized spacial score (nSPS) is 52.6. The Hall–Kier alpha value is -0.770. The van der Waals surface area contributed by atoms with Crippen LogP contribution in [0.25, 0.3) is 0 Å². The third kappa shape index (κ3) is 3.20. The number of carbonyl (C=O) groups is 1. The summed E-state index contributed by atoms with van der Waals surface area (Å²) in [5.74, 6) is -1.79. The molecule has 0 radical (unpaired) electrons. The summed E-state index contributed by atoms with van der Waals surface area (Å²) in [6.45, 7) is 4.45. The van der Waals surface area contributed by atoms with Gasteiger partial charge in [0, 0.05) is 19.3 Å². The predicted octanol–water partition coefficient (Wildman–Crippen LogP) is 0.856. The molecule has 4 fully saturated rings. The fraction of sp³-hybridized carbons (Fsp3) is 0.941. The van der Waals surface area contributed by atoms with Gasteiger partial charge in [-0.3, -0.25) is 4.79 Å². The molecule has 4 aliphatic heterocycles. The number of aliphatic carboxylic acids is 1. The van der Waals surface area contributed by atoms with Crippen molar-refractivity contribution < 1.29 is 39.0 Å². The number of rotatable bonds is 2. The zero-order valence-electron chi connectivity index (χ0n) is 14.5. The van der Waals surface area contributed by atoms with E-state index >= 15 is 0 Å². The van der Waals surface area contributed by atoms with Crippen molar-refractivity contribution in [1.29, 1.82) is 0 Å². The minimum absolute atomic E-state index is 0.0548. The molecule has 0 unspecified atom stereocenters. The summed E-state index contributed by atoms with van der Waals surface area (Å²) < 4.78 is 18.5. The molecule has 4 rings (SSSR count). The maximum atomic E-state index is 11.1. The lowest BCUT2D eigenvalue weighted by molar-refractivity contribution is -0.376. The van der Waals surface area contributed by atoms with Crippen LogP contribution in [0, 0.1) is 11.8 Å². The van der Waals surface area contributed by atoms with E-state index in [-0.39, 0.29) is 42.7 Å². The molecule has 9 atom stereocenters. The number of aliphatic hydroxyl groups excluding tert-OH is 1. The maximum absolute atomic E-state index is 11.1. The molecular formula is C17H26O8. The molecule has 2 N–H and O–H groups in total. The minimum Gasteiger partial charge on any atom is -0.481 e. The van der Waals surface area contributed by atoms with E-state index < -0.39 is 24.0 Å². The first-order valence-corrected chi connectivity index (χ1v) is 9.06. The molecule has 0 aromatic rings. The highest BCUT2D eigenvalue weighted by molar-refractivity contribution is 5.67. The van der Waals surface area contributed by atoms with Gasteiger partial charge in [0.15, 0.2) is 5.79 Å². The van der Waals surface area contributed by atoms with Crippen molar-refractivity contribution in [1.82, 2.24) is 0 Å². The molecule has 4 heterocycles. The summed E-state index contributed by atoms with van der Waals surface area (Å²) in [6, 6.07) is 0. The van der Waals surface area contributed by atoms with Gasteiger partial charge in [0.1, 0.15) is 18.8 Å². The third-order valence-corrected chi connectivity index (χ3v) is 5.90. The van der Waals surface area contributed by atoms with E-state index in [4.69, 9.17) is 29.1 Å². The van der Waals surface area contributed by atoms with Gasteiger partial charge in [-0.15, -0.1) is 0 Å². The van der Waals surface area contributed by atoms with Crippen molar-refractivity contribution in [3.8, 4) is 0 Å². The molecule has 1 spiro atoms. The summed E-state index contributed by atoms with van der Waals surface area (Å²) in [7, 11) is 0. The van der Waals surface area contributed by atoms with E-state index in [1.165, 1.54) is 0 Å². The largest absolute Gasteiger partial charge is 0.481 e. The van der Waals surface area contributed by atoms with Crippen LogP contribution in [-0.2, 0) is 28.8 Å². The van der Waals surface area contributed by atoms with Crippen molar-refractivity contribution in [3.63, 3.8) is 0 Å². The van der Waals surface area contributed by atoms with Gasteiger partial charge < -0.3 is 24.4 Å². The molecule has 8 nitrogen and oxygen atoms in total. The molecule has 0 bridgehead atoms. The van der Waals surface area contributed by atoms with Crippen LogP contribution in [0.4, 0.5) is 0 Å². The highest BCUT2D eigenvalue weighted by Crippen LogP contribution is 2.47. The number of hydrogen-bond donors (Lipinski definition) is 2. The van der Waals surface area contributed by atoms with Crippen LogP contribution >= 0.6 is 0 Å². The zero-order valence-corrected chi connectivity index (χ0v) is 14.5. The number of aliphatic hydroxyl groups is 1. The molecule has 0 aromatic carbocycles. The lowest BCUT2D eigenvalue weighted by Gasteiger charge is -2.54. The minimum atomic E-state index is -0.990. The summed E-state index contributed by atoms with van der Waals surface area (Å²) in [5, 5.41) is 19.4. The van der Waals surface area contributed by atoms with Crippen LogP contribution in [0.5, 0.6) is 0 Å².